The van der Waals surface area contributed by atoms with E-state index in [0.29, 0.717) is 5.75 Å². The van der Waals surface area contributed by atoms with Crippen LogP contribution in [0, 0.1) is 0 Å². The highest BCUT2D eigenvalue weighted by Gasteiger charge is 2.13. The average Bonchev–Trinajstić information content (AvgIpc) is 2.26. The Labute approximate surface area is 108 Å². The van der Waals surface area contributed by atoms with Crippen molar-refractivity contribution in [1.82, 2.24) is 5.32 Å². The highest BCUT2D eigenvalue weighted by atomic mass is 16.5. The maximum atomic E-state index is 10.7. The molecule has 0 saturated carbocycles. The second-order valence-corrected chi connectivity index (χ2v) is 5.35. The fourth-order valence-corrected chi connectivity index (χ4v) is 1.35. The van der Waals surface area contributed by atoms with Gasteiger partial charge in [-0.15, -0.1) is 0 Å². The molecule has 1 rings (SSSR count). The molecule has 1 aromatic carbocycles. The van der Waals surface area contributed by atoms with Gasteiger partial charge in [0.2, 0.25) is 0 Å². The summed E-state index contributed by atoms with van der Waals surface area (Å²) in [5, 5.41) is 12.2. The first-order chi connectivity index (χ1) is 8.28. The molecule has 0 aliphatic rings. The molecule has 100 valence electrons. The molecule has 0 amide bonds. The molecule has 0 aromatic heterocycles. The summed E-state index contributed by atoms with van der Waals surface area (Å²) in [7, 11) is 0. The Kier molecular flexibility index (Phi) is 4.73. The summed E-state index contributed by atoms with van der Waals surface area (Å²) in [6, 6.07) is 7.47. The van der Waals surface area contributed by atoms with Gasteiger partial charge < -0.3 is 15.2 Å². The summed E-state index contributed by atoms with van der Waals surface area (Å²) in [5.41, 5.74) is 1.12. The van der Waals surface area contributed by atoms with Crippen LogP contribution in [0.25, 0.3) is 0 Å². The van der Waals surface area contributed by atoms with Gasteiger partial charge in [-0.3, -0.25) is 0 Å². The lowest BCUT2D eigenvalue weighted by Gasteiger charge is -2.20. The van der Waals surface area contributed by atoms with Gasteiger partial charge in [0.1, 0.15) is 5.75 Å². The Morgan fingerprint density at radius 3 is 2.67 bits per heavy atom. The van der Waals surface area contributed by atoms with Crippen LogP contribution >= 0.6 is 0 Å². The summed E-state index contributed by atoms with van der Waals surface area (Å²) in [4.78, 5) is 10.7. The van der Waals surface area contributed by atoms with Crippen LogP contribution in [0.15, 0.2) is 24.3 Å². The first kappa shape index (κ1) is 14.5. The minimum Gasteiger partial charge on any atom is -0.479 e. The van der Waals surface area contributed by atoms with E-state index in [-0.39, 0.29) is 5.54 Å². The Bertz CT molecular complexity index is 410. The third-order valence-electron chi connectivity index (χ3n) is 2.38. The molecule has 0 aliphatic heterocycles. The van der Waals surface area contributed by atoms with Crippen molar-refractivity contribution >= 4 is 5.97 Å². The van der Waals surface area contributed by atoms with Gasteiger partial charge in [-0.25, -0.2) is 4.79 Å². The van der Waals surface area contributed by atoms with Crippen molar-refractivity contribution in [2.45, 2.75) is 45.9 Å². The van der Waals surface area contributed by atoms with Crippen molar-refractivity contribution < 1.29 is 14.6 Å². The van der Waals surface area contributed by atoms with E-state index in [2.05, 4.69) is 26.1 Å². The molecule has 0 radical (unpaired) electrons. The van der Waals surface area contributed by atoms with E-state index in [4.69, 9.17) is 9.84 Å². The van der Waals surface area contributed by atoms with E-state index in [0.717, 1.165) is 12.1 Å². The van der Waals surface area contributed by atoms with Gasteiger partial charge in [-0.05, 0) is 45.4 Å². The summed E-state index contributed by atoms with van der Waals surface area (Å²) in [6.45, 7) is 8.53. The zero-order valence-corrected chi connectivity index (χ0v) is 11.4. The van der Waals surface area contributed by atoms with Crippen LogP contribution in [0.1, 0.15) is 33.3 Å². The number of nitrogens with one attached hydrogen (secondary N) is 1. The van der Waals surface area contributed by atoms with Crippen molar-refractivity contribution in [2.75, 3.05) is 0 Å². The van der Waals surface area contributed by atoms with Gasteiger partial charge in [0.15, 0.2) is 6.10 Å². The standard InChI is InChI=1S/C14H21NO3/c1-10(13(16)17)18-12-7-5-6-11(8-12)9-15-14(2,3)4/h5-8,10,15H,9H2,1-4H3,(H,16,17). The van der Waals surface area contributed by atoms with E-state index in [9.17, 15) is 4.79 Å². The third kappa shape index (κ3) is 5.19. The number of ether oxygens (including phenoxy) is 1. The molecule has 0 aliphatic carbocycles. The Balaban J connectivity index is 2.65. The molecule has 18 heavy (non-hydrogen) atoms. The molecule has 0 spiro atoms. The summed E-state index contributed by atoms with van der Waals surface area (Å²) >= 11 is 0. The van der Waals surface area contributed by atoms with Gasteiger partial charge in [0, 0.05) is 12.1 Å². The van der Waals surface area contributed by atoms with E-state index < -0.39 is 12.1 Å². The van der Waals surface area contributed by atoms with Crippen molar-refractivity contribution in [2.24, 2.45) is 0 Å². The molecule has 2 N–H and O–H groups in total. The number of hydrogen-bond acceptors (Lipinski definition) is 3. The van der Waals surface area contributed by atoms with Gasteiger partial charge in [0.25, 0.3) is 0 Å². The number of rotatable bonds is 5. The Morgan fingerprint density at radius 2 is 2.11 bits per heavy atom. The smallest absolute Gasteiger partial charge is 0.344 e. The number of carbonyl (C=O) groups is 1. The van der Waals surface area contributed by atoms with Crippen molar-refractivity contribution in [3.05, 3.63) is 29.8 Å². The lowest BCUT2D eigenvalue weighted by molar-refractivity contribution is -0.144. The Morgan fingerprint density at radius 1 is 1.44 bits per heavy atom. The fourth-order valence-electron chi connectivity index (χ4n) is 1.35. The summed E-state index contributed by atoms with van der Waals surface area (Å²) in [5.74, 6) is -0.383. The minimum absolute atomic E-state index is 0.0468. The van der Waals surface area contributed by atoms with Gasteiger partial charge in [-0.1, -0.05) is 12.1 Å². The summed E-state index contributed by atoms with van der Waals surface area (Å²) in [6.07, 6.45) is -0.837. The van der Waals surface area contributed by atoms with Crippen LogP contribution in [0.3, 0.4) is 0 Å². The maximum Gasteiger partial charge on any atom is 0.344 e. The van der Waals surface area contributed by atoms with E-state index >= 15 is 0 Å². The second-order valence-electron chi connectivity index (χ2n) is 5.35. The largest absolute Gasteiger partial charge is 0.479 e. The number of carboxylic acids is 1. The predicted octanol–water partition coefficient (Wildman–Crippen LogP) is 2.43. The number of benzene rings is 1. The molecule has 0 fully saturated rings. The SMILES string of the molecule is CC(Oc1cccc(CNC(C)(C)C)c1)C(=O)O. The number of aliphatic carboxylic acids is 1. The molecule has 1 aromatic rings. The highest BCUT2D eigenvalue weighted by molar-refractivity contribution is 5.72. The summed E-state index contributed by atoms with van der Waals surface area (Å²) < 4.78 is 5.32. The van der Waals surface area contributed by atoms with Crippen molar-refractivity contribution in [3.8, 4) is 5.75 Å². The topological polar surface area (TPSA) is 58.6 Å². The van der Waals surface area contributed by atoms with E-state index in [1.165, 1.54) is 6.92 Å². The van der Waals surface area contributed by atoms with Crippen LogP contribution < -0.4 is 10.1 Å². The van der Waals surface area contributed by atoms with E-state index in [1.807, 2.05) is 18.2 Å². The molecule has 0 heterocycles. The quantitative estimate of drug-likeness (QED) is 0.843. The molecule has 4 heteroatoms. The molecule has 4 nitrogen and oxygen atoms in total. The monoisotopic (exact) mass is 251 g/mol. The Hall–Kier alpha value is -1.55. The van der Waals surface area contributed by atoms with Gasteiger partial charge in [-0.2, -0.15) is 0 Å². The van der Waals surface area contributed by atoms with Crippen LogP contribution in [0.2, 0.25) is 0 Å². The van der Waals surface area contributed by atoms with Crippen LogP contribution in [-0.2, 0) is 11.3 Å². The second kappa shape index (κ2) is 5.87. The zero-order valence-electron chi connectivity index (χ0n) is 11.4. The zero-order chi connectivity index (χ0) is 13.8. The number of carboxylic acid groups (broad SMARTS) is 1. The normalized spacial score (nSPS) is 13.1. The minimum atomic E-state index is -0.965. The van der Waals surface area contributed by atoms with Crippen LogP contribution in [0.5, 0.6) is 5.75 Å². The maximum absolute atomic E-state index is 10.7. The first-order valence-corrected chi connectivity index (χ1v) is 6.01. The third-order valence-corrected chi connectivity index (χ3v) is 2.38. The molecule has 0 saturated heterocycles. The lowest BCUT2D eigenvalue weighted by Crippen LogP contribution is -2.35. The molecular formula is C14H21NO3. The lowest BCUT2D eigenvalue weighted by atomic mass is 10.1. The van der Waals surface area contributed by atoms with Crippen LogP contribution in [-0.4, -0.2) is 22.7 Å². The predicted molar refractivity (Wildman–Crippen MR) is 70.8 cm³/mol. The first-order valence-electron chi connectivity index (χ1n) is 6.01. The molecule has 0 bridgehead atoms. The highest BCUT2D eigenvalue weighted by Crippen LogP contribution is 2.15. The molecular weight excluding hydrogens is 230 g/mol. The average molecular weight is 251 g/mol. The molecule has 1 unspecified atom stereocenters. The van der Waals surface area contributed by atoms with Crippen molar-refractivity contribution in [1.29, 1.82) is 0 Å². The fraction of sp³-hybridized carbons (Fsp3) is 0.500. The van der Waals surface area contributed by atoms with Gasteiger partial charge >= 0.3 is 5.97 Å². The van der Waals surface area contributed by atoms with Crippen molar-refractivity contribution in [3.63, 3.8) is 0 Å². The van der Waals surface area contributed by atoms with Gasteiger partial charge in [0.05, 0.1) is 0 Å². The molecule has 1 atom stereocenters. The number of hydrogen-bond donors (Lipinski definition) is 2. The van der Waals surface area contributed by atoms with Crippen LogP contribution in [0.4, 0.5) is 0 Å². The van der Waals surface area contributed by atoms with E-state index in [1.54, 1.807) is 6.07 Å².